The molecule has 274 valence electrons. The van der Waals surface area contributed by atoms with Gasteiger partial charge >= 0.3 is 17.9 Å². The molecule has 0 spiro atoms. The fourth-order valence-corrected chi connectivity index (χ4v) is 4.39. The van der Waals surface area contributed by atoms with Crippen LogP contribution in [-0.2, 0) is 40.4 Å². The minimum absolute atomic E-state index is 0.170. The van der Waals surface area contributed by atoms with Crippen LogP contribution in [-0.4, -0.2) is 57.5 Å². The van der Waals surface area contributed by atoms with Crippen molar-refractivity contribution in [2.75, 3.05) is 39.6 Å². The van der Waals surface area contributed by atoms with Crippen molar-refractivity contribution in [1.82, 2.24) is 0 Å². The fraction of sp³-hybridized carbons (Fsp3) is 0.357. The number of hydrogen-bond donors (Lipinski definition) is 0. The van der Waals surface area contributed by atoms with Gasteiger partial charge in [0.2, 0.25) is 0 Å². The Labute approximate surface area is 302 Å². The minimum atomic E-state index is -0.418. The van der Waals surface area contributed by atoms with Gasteiger partial charge in [-0.05, 0) is 80.3 Å². The third kappa shape index (κ3) is 15.4. The molecule has 3 aromatic carbocycles. The molecule has 0 atom stereocenters. The first kappa shape index (κ1) is 41.9. The highest BCUT2D eigenvalue weighted by molar-refractivity contribution is 5.87. The molecule has 0 saturated carbocycles. The van der Waals surface area contributed by atoms with Crippen molar-refractivity contribution in [1.29, 1.82) is 0 Å². The van der Waals surface area contributed by atoms with Crippen LogP contribution in [0.25, 0.3) is 0 Å². The van der Waals surface area contributed by atoms with Crippen LogP contribution in [0, 0.1) is 0 Å². The summed E-state index contributed by atoms with van der Waals surface area (Å²) in [6, 6.07) is 23.7. The van der Waals surface area contributed by atoms with E-state index in [1.807, 2.05) is 60.7 Å². The molecule has 0 fully saturated rings. The van der Waals surface area contributed by atoms with Crippen LogP contribution in [0.4, 0.5) is 0 Å². The molecule has 0 aliphatic heterocycles. The van der Waals surface area contributed by atoms with Crippen LogP contribution < -0.4 is 14.2 Å². The molecule has 0 saturated heterocycles. The Kier molecular flexibility index (Phi) is 17.8. The number of carbonyl (C=O) groups excluding carboxylic acids is 3. The molecule has 0 radical (unpaired) electrons. The molecule has 0 N–H and O–H groups in total. The van der Waals surface area contributed by atoms with E-state index in [1.165, 1.54) is 5.56 Å². The van der Waals surface area contributed by atoms with E-state index >= 15 is 0 Å². The molecule has 0 heterocycles. The maximum atomic E-state index is 11.4. The van der Waals surface area contributed by atoms with Gasteiger partial charge < -0.3 is 28.4 Å². The normalized spacial score (nSPS) is 10.5. The molecule has 9 nitrogen and oxygen atoms in total. The van der Waals surface area contributed by atoms with Gasteiger partial charge in [-0.2, -0.15) is 0 Å². The van der Waals surface area contributed by atoms with Crippen molar-refractivity contribution in [3.8, 4) is 17.2 Å². The van der Waals surface area contributed by atoms with Crippen LogP contribution in [0.2, 0.25) is 0 Å². The lowest BCUT2D eigenvalue weighted by Crippen LogP contribution is -2.19. The molecule has 0 aromatic heterocycles. The molecule has 0 amide bonds. The summed E-state index contributed by atoms with van der Waals surface area (Å²) < 4.78 is 31.7. The van der Waals surface area contributed by atoms with Crippen molar-refractivity contribution >= 4 is 17.9 Å². The first-order chi connectivity index (χ1) is 24.2. The standard InChI is InChI=1S/C27H32O6.C15H20O3/c1-19(2)25(28)32-17-15-30-23-11-7-21(8-12-23)27(5,6)22-9-13-24(14-10-22)31-16-18-33-26(29)20(3)4;1-4-5-13-6-8-14(9-7-13)17-10-11-18-15(16)12(2)3/h7-14H,1,3,15-18H2,2,4-6H3;6-9H,2,4-5,10-11H2,1,3H3. The van der Waals surface area contributed by atoms with Crippen LogP contribution in [0.3, 0.4) is 0 Å². The summed E-state index contributed by atoms with van der Waals surface area (Å²) in [4.78, 5) is 33.8. The maximum absolute atomic E-state index is 11.4. The van der Waals surface area contributed by atoms with Crippen LogP contribution in [0.1, 0.15) is 64.7 Å². The average molecular weight is 701 g/mol. The largest absolute Gasteiger partial charge is 0.490 e. The van der Waals surface area contributed by atoms with E-state index in [0.29, 0.717) is 34.8 Å². The Hall–Kier alpha value is -5.31. The van der Waals surface area contributed by atoms with E-state index in [4.69, 9.17) is 28.4 Å². The zero-order valence-corrected chi connectivity index (χ0v) is 30.9. The van der Waals surface area contributed by atoms with E-state index in [9.17, 15) is 14.4 Å². The number of esters is 3. The van der Waals surface area contributed by atoms with Gasteiger partial charge in [0.1, 0.15) is 56.9 Å². The molecule has 0 unspecified atom stereocenters. The third-order valence-corrected chi connectivity index (χ3v) is 7.42. The molecule has 0 aliphatic carbocycles. The number of rotatable bonds is 19. The summed E-state index contributed by atoms with van der Waals surface area (Å²) in [5.41, 5.74) is 4.46. The average Bonchev–Trinajstić information content (AvgIpc) is 3.11. The fourth-order valence-electron chi connectivity index (χ4n) is 4.39. The van der Waals surface area contributed by atoms with Crippen LogP contribution in [0.5, 0.6) is 17.2 Å². The van der Waals surface area contributed by atoms with Gasteiger partial charge in [-0.3, -0.25) is 0 Å². The topological polar surface area (TPSA) is 107 Å². The molecule has 9 heteroatoms. The van der Waals surface area contributed by atoms with E-state index in [0.717, 1.165) is 29.7 Å². The second-order valence-corrected chi connectivity index (χ2v) is 12.4. The zero-order chi connectivity index (χ0) is 37.8. The van der Waals surface area contributed by atoms with Gasteiger partial charge in [-0.1, -0.05) is 83.3 Å². The number of carbonyl (C=O) groups is 3. The van der Waals surface area contributed by atoms with Crippen LogP contribution >= 0.6 is 0 Å². The molecular formula is C42H52O9. The third-order valence-electron chi connectivity index (χ3n) is 7.42. The first-order valence-electron chi connectivity index (χ1n) is 16.9. The highest BCUT2D eigenvalue weighted by Crippen LogP contribution is 2.33. The molecular weight excluding hydrogens is 648 g/mol. The molecule has 51 heavy (non-hydrogen) atoms. The molecule has 0 aliphatic rings. The summed E-state index contributed by atoms with van der Waals surface area (Å²) in [6.07, 6.45) is 2.22. The van der Waals surface area contributed by atoms with E-state index in [1.54, 1.807) is 20.8 Å². The highest BCUT2D eigenvalue weighted by atomic mass is 16.6. The summed E-state index contributed by atoms with van der Waals surface area (Å²) in [5, 5.41) is 0. The number of ether oxygens (including phenoxy) is 6. The Balaban J connectivity index is 0.000000422. The second-order valence-electron chi connectivity index (χ2n) is 12.4. The molecule has 3 rings (SSSR count). The quantitative estimate of drug-likeness (QED) is 0.0530. The Morgan fingerprint density at radius 1 is 0.510 bits per heavy atom. The summed E-state index contributed by atoms with van der Waals surface area (Å²) >= 11 is 0. The van der Waals surface area contributed by atoms with E-state index in [2.05, 4.69) is 52.6 Å². The van der Waals surface area contributed by atoms with Gasteiger partial charge in [-0.15, -0.1) is 0 Å². The predicted octanol–water partition coefficient (Wildman–Crippen LogP) is 8.15. The van der Waals surface area contributed by atoms with Crippen molar-refractivity contribution in [3.05, 3.63) is 126 Å². The predicted molar refractivity (Wildman–Crippen MR) is 199 cm³/mol. The lowest BCUT2D eigenvalue weighted by molar-refractivity contribution is -0.140. The second kappa shape index (κ2) is 21.7. The maximum Gasteiger partial charge on any atom is 0.333 e. The zero-order valence-electron chi connectivity index (χ0n) is 30.9. The summed E-state index contributed by atoms with van der Waals surface area (Å²) in [5.74, 6) is 0.990. The van der Waals surface area contributed by atoms with Crippen molar-refractivity contribution < 1.29 is 42.8 Å². The van der Waals surface area contributed by atoms with Gasteiger partial charge in [0.25, 0.3) is 0 Å². The molecule has 0 bridgehead atoms. The van der Waals surface area contributed by atoms with Gasteiger partial charge in [0.15, 0.2) is 0 Å². The number of aryl methyl sites for hydroxylation is 1. The Morgan fingerprint density at radius 2 is 0.804 bits per heavy atom. The van der Waals surface area contributed by atoms with E-state index < -0.39 is 11.9 Å². The molecule has 3 aromatic rings. The van der Waals surface area contributed by atoms with Crippen molar-refractivity contribution in [2.24, 2.45) is 0 Å². The smallest absolute Gasteiger partial charge is 0.333 e. The lowest BCUT2D eigenvalue weighted by Gasteiger charge is -2.26. The summed E-state index contributed by atoms with van der Waals surface area (Å²) in [7, 11) is 0. The van der Waals surface area contributed by atoms with Gasteiger partial charge in [0.05, 0.1) is 0 Å². The number of hydrogen-bond acceptors (Lipinski definition) is 9. The van der Waals surface area contributed by atoms with Crippen molar-refractivity contribution in [2.45, 2.75) is 59.8 Å². The number of benzene rings is 3. The minimum Gasteiger partial charge on any atom is -0.490 e. The van der Waals surface area contributed by atoms with Gasteiger partial charge in [-0.25, -0.2) is 14.4 Å². The Morgan fingerprint density at radius 3 is 1.08 bits per heavy atom. The SMILES string of the molecule is C=C(C)C(=O)OCCOc1ccc(C(C)(C)c2ccc(OCCOC(=O)C(=C)C)cc2)cc1.C=C(C)C(=O)OCCOc1ccc(CCC)cc1. The Bertz CT molecular complexity index is 1510. The van der Waals surface area contributed by atoms with Gasteiger partial charge in [0, 0.05) is 22.1 Å². The van der Waals surface area contributed by atoms with E-state index in [-0.39, 0.29) is 44.4 Å². The monoisotopic (exact) mass is 700 g/mol. The highest BCUT2D eigenvalue weighted by Gasteiger charge is 2.23. The summed E-state index contributed by atoms with van der Waals surface area (Å²) in [6.45, 7) is 23.3. The van der Waals surface area contributed by atoms with Crippen molar-refractivity contribution in [3.63, 3.8) is 0 Å². The lowest BCUT2D eigenvalue weighted by atomic mass is 9.78. The first-order valence-corrected chi connectivity index (χ1v) is 16.9. The van der Waals surface area contributed by atoms with Crippen LogP contribution in [0.15, 0.2) is 109 Å².